The zero-order valence-electron chi connectivity index (χ0n) is 11.3. The largest absolute Gasteiger partial charge is 0.425 e. The third-order valence-corrected chi connectivity index (χ3v) is 2.64. The number of nitrogens with zero attached hydrogens (tertiary/aromatic N) is 2. The van der Waals surface area contributed by atoms with Gasteiger partial charge in [0.2, 0.25) is 11.8 Å². The predicted molar refractivity (Wildman–Crippen MR) is 69.0 cm³/mol. The molecule has 4 heteroatoms. The maximum atomic E-state index is 5.58. The molecule has 0 saturated heterocycles. The molecule has 0 saturated carbocycles. The van der Waals surface area contributed by atoms with Crippen molar-refractivity contribution in [2.24, 2.45) is 0 Å². The number of rotatable bonds is 9. The summed E-state index contributed by atoms with van der Waals surface area (Å²) in [7, 11) is 0. The monoisotopic (exact) mass is 239 g/mol. The van der Waals surface area contributed by atoms with Gasteiger partial charge in [0.25, 0.3) is 0 Å². The van der Waals surface area contributed by atoms with E-state index < -0.39 is 0 Å². The van der Waals surface area contributed by atoms with E-state index in [-0.39, 0.29) is 0 Å². The fourth-order valence-electron chi connectivity index (χ4n) is 1.66. The summed E-state index contributed by atoms with van der Waals surface area (Å²) < 4.78 is 5.58. The summed E-state index contributed by atoms with van der Waals surface area (Å²) in [6.45, 7) is 7.38. The average Bonchev–Trinajstić information content (AvgIpc) is 2.72. The van der Waals surface area contributed by atoms with Crippen molar-refractivity contribution >= 4 is 0 Å². The molecule has 4 nitrogen and oxygen atoms in total. The number of hydrogen-bond donors (Lipinski definition) is 1. The van der Waals surface area contributed by atoms with Crippen LogP contribution in [0.1, 0.15) is 58.2 Å². The quantitative estimate of drug-likeness (QED) is 0.673. The Morgan fingerprint density at radius 3 is 2.41 bits per heavy atom. The van der Waals surface area contributed by atoms with Crippen molar-refractivity contribution in [2.45, 2.75) is 65.3 Å². The number of aromatic nitrogens is 2. The second-order valence-corrected chi connectivity index (χ2v) is 4.76. The highest BCUT2D eigenvalue weighted by atomic mass is 16.4. The van der Waals surface area contributed by atoms with Gasteiger partial charge in [0.1, 0.15) is 0 Å². The van der Waals surface area contributed by atoms with Crippen molar-refractivity contribution in [3.8, 4) is 0 Å². The smallest absolute Gasteiger partial charge is 0.217 e. The molecule has 0 spiro atoms. The van der Waals surface area contributed by atoms with Gasteiger partial charge in [0.05, 0.1) is 0 Å². The van der Waals surface area contributed by atoms with E-state index in [1.165, 1.54) is 19.3 Å². The molecule has 1 N–H and O–H groups in total. The molecule has 0 atom stereocenters. The SMILES string of the molecule is CCCCCCc1nnc(CCNC(C)C)o1. The molecule has 1 rings (SSSR count). The van der Waals surface area contributed by atoms with Crippen molar-refractivity contribution < 1.29 is 4.42 Å². The van der Waals surface area contributed by atoms with Gasteiger partial charge in [-0.15, -0.1) is 10.2 Å². The van der Waals surface area contributed by atoms with Crippen LogP contribution in [0.3, 0.4) is 0 Å². The van der Waals surface area contributed by atoms with E-state index in [9.17, 15) is 0 Å². The Balaban J connectivity index is 2.18. The van der Waals surface area contributed by atoms with Crippen LogP contribution in [0.25, 0.3) is 0 Å². The molecule has 0 bridgehead atoms. The molecule has 0 unspecified atom stereocenters. The summed E-state index contributed by atoms with van der Waals surface area (Å²) in [6, 6.07) is 0.506. The van der Waals surface area contributed by atoms with Gasteiger partial charge in [0, 0.05) is 25.4 Å². The third-order valence-electron chi connectivity index (χ3n) is 2.64. The molecule has 0 amide bonds. The minimum absolute atomic E-state index is 0.506. The number of aryl methyl sites for hydroxylation is 1. The summed E-state index contributed by atoms with van der Waals surface area (Å²) in [4.78, 5) is 0. The number of hydrogen-bond acceptors (Lipinski definition) is 4. The van der Waals surface area contributed by atoms with Crippen LogP contribution in [0.2, 0.25) is 0 Å². The molecule has 0 aromatic carbocycles. The molecule has 0 aliphatic heterocycles. The Morgan fingerprint density at radius 1 is 1.06 bits per heavy atom. The standard InChI is InChI=1S/C13H25N3O/c1-4-5-6-7-8-12-15-16-13(17-12)9-10-14-11(2)3/h11,14H,4-10H2,1-3H3. The fraction of sp³-hybridized carbons (Fsp3) is 0.846. The van der Waals surface area contributed by atoms with Crippen LogP contribution in [0.15, 0.2) is 4.42 Å². The van der Waals surface area contributed by atoms with Crippen LogP contribution < -0.4 is 5.32 Å². The van der Waals surface area contributed by atoms with Gasteiger partial charge in [-0.3, -0.25) is 0 Å². The zero-order chi connectivity index (χ0) is 12.5. The van der Waals surface area contributed by atoms with Crippen LogP contribution in [-0.4, -0.2) is 22.8 Å². The van der Waals surface area contributed by atoms with E-state index in [4.69, 9.17) is 4.42 Å². The Hall–Kier alpha value is -0.900. The van der Waals surface area contributed by atoms with Crippen molar-refractivity contribution in [3.63, 3.8) is 0 Å². The Morgan fingerprint density at radius 2 is 1.76 bits per heavy atom. The molecule has 1 aromatic rings. The van der Waals surface area contributed by atoms with E-state index in [2.05, 4.69) is 36.3 Å². The molecular weight excluding hydrogens is 214 g/mol. The minimum atomic E-state index is 0.506. The first-order chi connectivity index (χ1) is 8.22. The first kappa shape index (κ1) is 14.2. The maximum Gasteiger partial charge on any atom is 0.217 e. The molecule has 1 heterocycles. The van der Waals surface area contributed by atoms with Gasteiger partial charge in [-0.2, -0.15) is 0 Å². The number of nitrogens with one attached hydrogen (secondary N) is 1. The summed E-state index contributed by atoms with van der Waals surface area (Å²) in [5.41, 5.74) is 0. The lowest BCUT2D eigenvalue weighted by atomic mass is 10.1. The lowest BCUT2D eigenvalue weighted by Gasteiger charge is -2.04. The molecular formula is C13H25N3O. The van der Waals surface area contributed by atoms with Crippen molar-refractivity contribution in [1.82, 2.24) is 15.5 Å². The molecule has 0 aliphatic carbocycles. The van der Waals surface area contributed by atoms with Crippen LogP contribution in [0, 0.1) is 0 Å². The highest BCUT2D eigenvalue weighted by Crippen LogP contribution is 2.07. The summed E-state index contributed by atoms with van der Waals surface area (Å²) in [6.07, 6.45) is 6.70. The minimum Gasteiger partial charge on any atom is -0.425 e. The second-order valence-electron chi connectivity index (χ2n) is 4.76. The number of unbranched alkanes of at least 4 members (excludes halogenated alkanes) is 3. The van der Waals surface area contributed by atoms with E-state index in [0.717, 1.165) is 37.6 Å². The first-order valence-corrected chi connectivity index (χ1v) is 6.77. The normalized spacial score (nSPS) is 11.3. The molecule has 1 aromatic heterocycles. The zero-order valence-corrected chi connectivity index (χ0v) is 11.3. The van der Waals surface area contributed by atoms with Crippen molar-refractivity contribution in [1.29, 1.82) is 0 Å². The van der Waals surface area contributed by atoms with Crippen molar-refractivity contribution in [2.75, 3.05) is 6.54 Å². The summed E-state index contributed by atoms with van der Waals surface area (Å²) in [5.74, 6) is 1.55. The molecule has 17 heavy (non-hydrogen) atoms. The fourth-order valence-corrected chi connectivity index (χ4v) is 1.66. The van der Waals surface area contributed by atoms with Crippen LogP contribution in [-0.2, 0) is 12.8 Å². The Labute approximate surface area is 104 Å². The molecule has 0 radical (unpaired) electrons. The van der Waals surface area contributed by atoms with Gasteiger partial charge in [-0.05, 0) is 6.42 Å². The highest BCUT2D eigenvalue weighted by Gasteiger charge is 2.05. The van der Waals surface area contributed by atoms with Gasteiger partial charge in [-0.1, -0.05) is 40.0 Å². The van der Waals surface area contributed by atoms with Crippen LogP contribution >= 0.6 is 0 Å². The van der Waals surface area contributed by atoms with Crippen LogP contribution in [0.4, 0.5) is 0 Å². The Bertz CT molecular complexity index is 297. The molecule has 0 aliphatic rings. The Kier molecular flexibility index (Phi) is 6.86. The maximum absolute atomic E-state index is 5.58. The second kappa shape index (κ2) is 8.23. The topological polar surface area (TPSA) is 51.0 Å². The van der Waals surface area contributed by atoms with Gasteiger partial charge in [0.15, 0.2) is 0 Å². The third kappa shape index (κ3) is 6.41. The van der Waals surface area contributed by atoms with E-state index >= 15 is 0 Å². The lowest BCUT2D eigenvalue weighted by molar-refractivity contribution is 0.432. The lowest BCUT2D eigenvalue weighted by Crippen LogP contribution is -2.25. The van der Waals surface area contributed by atoms with E-state index in [1.807, 2.05) is 0 Å². The van der Waals surface area contributed by atoms with E-state index in [0.29, 0.717) is 6.04 Å². The average molecular weight is 239 g/mol. The molecule has 98 valence electrons. The summed E-state index contributed by atoms with van der Waals surface area (Å²) in [5, 5.41) is 11.5. The van der Waals surface area contributed by atoms with Gasteiger partial charge < -0.3 is 9.73 Å². The summed E-state index contributed by atoms with van der Waals surface area (Å²) >= 11 is 0. The van der Waals surface area contributed by atoms with Gasteiger partial charge >= 0.3 is 0 Å². The van der Waals surface area contributed by atoms with Crippen molar-refractivity contribution in [3.05, 3.63) is 11.8 Å². The predicted octanol–water partition coefficient (Wildman–Crippen LogP) is 2.73. The first-order valence-electron chi connectivity index (χ1n) is 6.77. The molecule has 0 fully saturated rings. The van der Waals surface area contributed by atoms with Gasteiger partial charge in [-0.25, -0.2) is 0 Å². The van der Waals surface area contributed by atoms with E-state index in [1.54, 1.807) is 0 Å². The van der Waals surface area contributed by atoms with Crippen LogP contribution in [0.5, 0.6) is 0 Å². The highest BCUT2D eigenvalue weighted by molar-refractivity contribution is 4.83.